The number of thioether (sulfide) groups is 1. The van der Waals surface area contributed by atoms with E-state index in [2.05, 4.69) is 23.3 Å². The summed E-state index contributed by atoms with van der Waals surface area (Å²) in [4.78, 5) is 0. The van der Waals surface area contributed by atoms with Crippen molar-refractivity contribution in [2.45, 2.75) is 62.3 Å². The van der Waals surface area contributed by atoms with E-state index in [-0.39, 0.29) is 0 Å². The van der Waals surface area contributed by atoms with E-state index in [1.54, 1.807) is 0 Å². The summed E-state index contributed by atoms with van der Waals surface area (Å²) >= 11 is 2.06. The quantitative estimate of drug-likeness (QED) is 0.750. The van der Waals surface area contributed by atoms with Gasteiger partial charge in [0.15, 0.2) is 0 Å². The SMILES string of the molecule is CSC1CCC(NC2CCC2)CC1. The second kappa shape index (κ2) is 4.70. The van der Waals surface area contributed by atoms with Crippen LogP contribution in [0.5, 0.6) is 0 Å². The first kappa shape index (κ1) is 9.85. The molecule has 1 N–H and O–H groups in total. The van der Waals surface area contributed by atoms with Crippen LogP contribution >= 0.6 is 11.8 Å². The minimum absolute atomic E-state index is 0.855. The van der Waals surface area contributed by atoms with E-state index in [0.717, 1.165) is 17.3 Å². The van der Waals surface area contributed by atoms with Crippen molar-refractivity contribution in [3.63, 3.8) is 0 Å². The molecule has 2 heteroatoms. The smallest absolute Gasteiger partial charge is 0.00704 e. The number of hydrogen-bond acceptors (Lipinski definition) is 2. The van der Waals surface area contributed by atoms with E-state index < -0.39 is 0 Å². The zero-order valence-electron chi connectivity index (χ0n) is 8.59. The van der Waals surface area contributed by atoms with E-state index in [4.69, 9.17) is 0 Å². The summed E-state index contributed by atoms with van der Waals surface area (Å²) in [5.74, 6) is 0. The van der Waals surface area contributed by atoms with Crippen LogP contribution in [0.25, 0.3) is 0 Å². The zero-order valence-corrected chi connectivity index (χ0v) is 9.41. The second-order valence-electron chi connectivity index (χ2n) is 4.50. The maximum atomic E-state index is 3.79. The summed E-state index contributed by atoms with van der Waals surface area (Å²) in [5.41, 5.74) is 0. The van der Waals surface area contributed by atoms with Crippen molar-refractivity contribution < 1.29 is 0 Å². The molecule has 0 radical (unpaired) electrons. The Morgan fingerprint density at radius 3 is 2.00 bits per heavy atom. The van der Waals surface area contributed by atoms with Gasteiger partial charge in [-0.25, -0.2) is 0 Å². The normalized spacial score (nSPS) is 35.8. The van der Waals surface area contributed by atoms with Gasteiger partial charge in [-0.15, -0.1) is 0 Å². The van der Waals surface area contributed by atoms with Gasteiger partial charge in [0.1, 0.15) is 0 Å². The predicted molar refractivity (Wildman–Crippen MR) is 60.3 cm³/mol. The summed E-state index contributed by atoms with van der Waals surface area (Å²) in [5, 5.41) is 4.75. The van der Waals surface area contributed by atoms with Crippen LogP contribution in [0.15, 0.2) is 0 Å². The molecule has 13 heavy (non-hydrogen) atoms. The molecule has 0 bridgehead atoms. The molecule has 76 valence electrons. The van der Waals surface area contributed by atoms with Gasteiger partial charge in [-0.2, -0.15) is 11.8 Å². The third kappa shape index (κ3) is 2.63. The molecule has 0 heterocycles. The second-order valence-corrected chi connectivity index (χ2v) is 5.64. The molecule has 0 saturated heterocycles. The molecular weight excluding hydrogens is 178 g/mol. The Morgan fingerprint density at radius 2 is 1.54 bits per heavy atom. The third-order valence-electron chi connectivity index (χ3n) is 3.58. The molecule has 1 nitrogen and oxygen atoms in total. The molecule has 0 aromatic heterocycles. The fraction of sp³-hybridized carbons (Fsp3) is 1.00. The summed E-state index contributed by atoms with van der Waals surface area (Å²) in [6.45, 7) is 0. The highest BCUT2D eigenvalue weighted by Crippen LogP contribution is 2.28. The van der Waals surface area contributed by atoms with E-state index in [1.807, 2.05) is 0 Å². The lowest BCUT2D eigenvalue weighted by atomic mass is 9.89. The molecule has 2 rings (SSSR count). The first-order valence-corrected chi connectivity index (χ1v) is 6.96. The van der Waals surface area contributed by atoms with E-state index in [9.17, 15) is 0 Å². The molecule has 0 aliphatic heterocycles. The van der Waals surface area contributed by atoms with E-state index in [1.165, 1.54) is 44.9 Å². The van der Waals surface area contributed by atoms with Crippen molar-refractivity contribution in [2.24, 2.45) is 0 Å². The standard InChI is InChI=1S/C11H21NS/c1-13-11-7-5-10(6-8-11)12-9-3-2-4-9/h9-12H,2-8H2,1H3. The van der Waals surface area contributed by atoms with Gasteiger partial charge >= 0.3 is 0 Å². The number of rotatable bonds is 3. The molecule has 0 atom stereocenters. The van der Waals surface area contributed by atoms with Gasteiger partial charge in [0, 0.05) is 17.3 Å². The first-order valence-electron chi connectivity index (χ1n) is 5.67. The molecular formula is C11H21NS. The lowest BCUT2D eigenvalue weighted by Gasteiger charge is -2.35. The van der Waals surface area contributed by atoms with Crippen LogP contribution in [-0.2, 0) is 0 Å². The fourth-order valence-corrected chi connectivity index (χ4v) is 3.12. The Morgan fingerprint density at radius 1 is 0.923 bits per heavy atom. The highest BCUT2D eigenvalue weighted by molar-refractivity contribution is 7.99. The first-order chi connectivity index (χ1) is 6.38. The van der Waals surface area contributed by atoms with Crippen molar-refractivity contribution in [2.75, 3.05) is 6.26 Å². The maximum Gasteiger partial charge on any atom is 0.00704 e. The Kier molecular flexibility index (Phi) is 3.56. The molecule has 2 aliphatic rings. The van der Waals surface area contributed by atoms with Gasteiger partial charge in [-0.1, -0.05) is 6.42 Å². The van der Waals surface area contributed by atoms with Crippen LogP contribution < -0.4 is 5.32 Å². The van der Waals surface area contributed by atoms with E-state index >= 15 is 0 Å². The number of hydrogen-bond donors (Lipinski definition) is 1. The van der Waals surface area contributed by atoms with E-state index in [0.29, 0.717) is 0 Å². The van der Waals surface area contributed by atoms with Crippen molar-refractivity contribution in [1.82, 2.24) is 5.32 Å². The average molecular weight is 199 g/mol. The van der Waals surface area contributed by atoms with Crippen molar-refractivity contribution in [3.8, 4) is 0 Å². The molecule has 0 aromatic rings. The highest BCUT2D eigenvalue weighted by Gasteiger charge is 2.24. The van der Waals surface area contributed by atoms with Crippen LogP contribution in [0, 0.1) is 0 Å². The van der Waals surface area contributed by atoms with Crippen LogP contribution in [0.1, 0.15) is 44.9 Å². The molecule has 0 unspecified atom stereocenters. The number of nitrogens with one attached hydrogen (secondary N) is 1. The average Bonchev–Trinajstić information content (AvgIpc) is 2.12. The summed E-state index contributed by atoms with van der Waals surface area (Å²) in [6, 6.07) is 1.74. The Balaban J connectivity index is 1.65. The summed E-state index contributed by atoms with van der Waals surface area (Å²) in [7, 11) is 0. The predicted octanol–water partition coefficient (Wildman–Crippen LogP) is 2.80. The van der Waals surface area contributed by atoms with Gasteiger partial charge in [0.25, 0.3) is 0 Å². The van der Waals surface area contributed by atoms with Crippen LogP contribution in [-0.4, -0.2) is 23.6 Å². The Hall–Kier alpha value is 0.310. The molecule has 0 aromatic carbocycles. The topological polar surface area (TPSA) is 12.0 Å². The molecule has 0 spiro atoms. The van der Waals surface area contributed by atoms with Crippen LogP contribution in [0.2, 0.25) is 0 Å². The molecule has 2 aliphatic carbocycles. The van der Waals surface area contributed by atoms with Crippen LogP contribution in [0.4, 0.5) is 0 Å². The highest BCUT2D eigenvalue weighted by atomic mass is 32.2. The largest absolute Gasteiger partial charge is 0.311 e. The molecule has 2 saturated carbocycles. The van der Waals surface area contributed by atoms with Crippen LogP contribution in [0.3, 0.4) is 0 Å². The van der Waals surface area contributed by atoms with Gasteiger partial charge < -0.3 is 5.32 Å². The minimum atomic E-state index is 0.855. The minimum Gasteiger partial charge on any atom is -0.311 e. The van der Waals surface area contributed by atoms with Gasteiger partial charge in [0.2, 0.25) is 0 Å². The lowest BCUT2D eigenvalue weighted by Crippen LogP contribution is -2.44. The Labute approximate surface area is 86.0 Å². The third-order valence-corrected chi connectivity index (χ3v) is 4.72. The molecule has 2 fully saturated rings. The molecule has 0 amide bonds. The van der Waals surface area contributed by atoms with Crippen molar-refractivity contribution in [1.29, 1.82) is 0 Å². The van der Waals surface area contributed by atoms with Crippen molar-refractivity contribution >= 4 is 11.8 Å². The zero-order chi connectivity index (χ0) is 9.10. The van der Waals surface area contributed by atoms with Gasteiger partial charge in [-0.05, 0) is 44.8 Å². The fourth-order valence-electron chi connectivity index (χ4n) is 2.37. The maximum absolute atomic E-state index is 3.79. The van der Waals surface area contributed by atoms with Gasteiger partial charge in [-0.3, -0.25) is 0 Å². The summed E-state index contributed by atoms with van der Waals surface area (Å²) in [6.07, 6.45) is 12.3. The Bertz CT molecular complexity index is 148. The van der Waals surface area contributed by atoms with Crippen molar-refractivity contribution in [3.05, 3.63) is 0 Å². The monoisotopic (exact) mass is 199 g/mol. The lowest BCUT2D eigenvalue weighted by molar-refractivity contribution is 0.268. The van der Waals surface area contributed by atoms with Gasteiger partial charge in [0.05, 0.1) is 0 Å². The summed E-state index contributed by atoms with van der Waals surface area (Å²) < 4.78 is 0.